The molecule has 0 spiro atoms. The van der Waals surface area contributed by atoms with E-state index in [1.165, 1.54) is 12.2 Å². The van der Waals surface area contributed by atoms with Crippen LogP contribution in [0.5, 0.6) is 23.0 Å². The van der Waals surface area contributed by atoms with Gasteiger partial charge in [0.2, 0.25) is 0 Å². The van der Waals surface area contributed by atoms with E-state index in [9.17, 15) is 34.0 Å². The van der Waals surface area contributed by atoms with Gasteiger partial charge in [-0.3, -0.25) is 0 Å². The molecular weight excluding hydrogens is 722 g/mol. The number of hydrogen-bond acceptors (Lipinski definition) is 9. The first-order valence-corrected chi connectivity index (χ1v) is 21.7. The molecule has 5 aromatic rings. The maximum absolute atomic E-state index is 11.3. The Hall–Kier alpha value is -4.36. The number of phenolic OH excluding ortho intramolecular Hbond substituents is 2. The lowest BCUT2D eigenvalue weighted by molar-refractivity contribution is -0.316. The van der Waals surface area contributed by atoms with Gasteiger partial charge in [-0.25, -0.2) is 0 Å². The van der Waals surface area contributed by atoms with E-state index in [1.807, 2.05) is 94.4 Å². The predicted octanol–water partition coefficient (Wildman–Crippen LogP) is 7.77. The summed E-state index contributed by atoms with van der Waals surface area (Å²) in [6.07, 6.45) is 0.927. The second-order valence-corrected chi connectivity index (χ2v) is 18.0. The second kappa shape index (κ2) is 18.3. The molecule has 9 nitrogen and oxygen atoms in total. The zero-order valence-corrected chi connectivity index (χ0v) is 33.7. The fraction of sp³-hybridized carbons (Fsp3) is 0.302. The first kappa shape index (κ1) is 42.4. The van der Waals surface area contributed by atoms with Crippen molar-refractivity contribution < 1.29 is 43.5 Å². The highest BCUT2D eigenvalue weighted by Crippen LogP contribution is 2.33. The Balaban J connectivity index is 0.000000244. The molecular formula is C43H49O9P2-3. The highest BCUT2D eigenvalue weighted by Gasteiger charge is 2.13. The minimum atomic E-state index is -4.71. The van der Waals surface area contributed by atoms with Gasteiger partial charge in [-0.15, -0.1) is 0 Å². The highest BCUT2D eigenvalue weighted by atomic mass is 31.2. The monoisotopic (exact) mass is 771 g/mol. The first-order valence-electron chi connectivity index (χ1n) is 17.7. The molecule has 1 atom stereocenters. The molecule has 54 heavy (non-hydrogen) atoms. The number of phenols is 2. The number of hydrogen-bond donors (Lipinski definition) is 2. The number of aromatic hydroxyl groups is 2. The van der Waals surface area contributed by atoms with Crippen LogP contribution in [0, 0.1) is 27.7 Å². The Morgan fingerprint density at radius 1 is 0.593 bits per heavy atom. The van der Waals surface area contributed by atoms with Crippen molar-refractivity contribution in [2.45, 2.75) is 66.7 Å². The lowest BCUT2D eigenvalue weighted by Crippen LogP contribution is -2.19. The number of benzene rings is 5. The summed E-state index contributed by atoms with van der Waals surface area (Å²) in [7, 11) is -8.16. The zero-order valence-electron chi connectivity index (χ0n) is 31.9. The molecule has 0 aromatic heterocycles. The molecule has 2 N–H and O–H groups in total. The molecule has 1 unspecified atom stereocenters. The van der Waals surface area contributed by atoms with E-state index in [4.69, 9.17) is 9.47 Å². The third-order valence-electron chi connectivity index (χ3n) is 9.05. The van der Waals surface area contributed by atoms with Gasteiger partial charge in [0.15, 0.2) is 0 Å². The molecule has 0 saturated heterocycles. The van der Waals surface area contributed by atoms with Gasteiger partial charge in [0, 0.05) is 13.8 Å². The van der Waals surface area contributed by atoms with Crippen molar-refractivity contribution in [2.75, 3.05) is 19.4 Å². The Kier molecular flexibility index (Phi) is 14.4. The lowest BCUT2D eigenvalue weighted by atomic mass is 9.93. The smallest absolute Gasteiger partial charge is 0.128 e. The van der Waals surface area contributed by atoms with Gasteiger partial charge in [0.1, 0.15) is 35.7 Å². The molecule has 0 amide bonds. The second-order valence-electron chi connectivity index (χ2n) is 14.3. The predicted molar refractivity (Wildman–Crippen MR) is 209 cm³/mol. The summed E-state index contributed by atoms with van der Waals surface area (Å²) in [5.41, 5.74) is 11.5. The molecule has 0 aliphatic carbocycles. The van der Waals surface area contributed by atoms with E-state index in [-0.39, 0.29) is 18.0 Å². The van der Waals surface area contributed by atoms with Crippen LogP contribution in [0.2, 0.25) is 0 Å². The van der Waals surface area contributed by atoms with Crippen molar-refractivity contribution in [2.24, 2.45) is 0 Å². The van der Waals surface area contributed by atoms with Crippen LogP contribution in [-0.2, 0) is 28.4 Å². The van der Waals surface area contributed by atoms with Crippen LogP contribution in [0.25, 0.3) is 0 Å². The number of aryl methyl sites for hydroxylation is 4. The van der Waals surface area contributed by atoms with Crippen LogP contribution in [-0.4, -0.2) is 29.6 Å². The van der Waals surface area contributed by atoms with Crippen LogP contribution in [0.3, 0.4) is 0 Å². The molecule has 5 rings (SSSR count). The number of ether oxygens (including phenoxy) is 2. The molecule has 0 saturated carbocycles. The van der Waals surface area contributed by atoms with E-state index in [1.54, 1.807) is 24.3 Å². The van der Waals surface area contributed by atoms with Crippen LogP contribution >= 0.6 is 15.0 Å². The third kappa shape index (κ3) is 12.9. The summed E-state index contributed by atoms with van der Waals surface area (Å²) in [5, 5.41) is 20.2. The van der Waals surface area contributed by atoms with Gasteiger partial charge in [-0.05, 0) is 158 Å². The standard InChI is InChI=1S/C23H25O5P.C20H27O4P/c1-16-10-21(28-15-29(25,26)27)11-17(2)22(16)14-19-8-9-23(24)20(13-19)12-18-6-4-3-5-7-18;1-13(2)18-10-16(6-7-20(18)21)11-19-14(3)8-17(9-15(19)4)24-12-25(5,22)23/h3-11,13,24H,12,14-15H2,1-2H3,(H2,25,26,27);6-10,13,21H,11-12H2,1-5H3,(H,22,23)/p-3. The van der Waals surface area contributed by atoms with Crippen molar-refractivity contribution in [3.05, 3.63) is 152 Å². The summed E-state index contributed by atoms with van der Waals surface area (Å²) in [5.74, 6) is 1.80. The van der Waals surface area contributed by atoms with E-state index < -0.39 is 21.3 Å². The number of rotatable bonds is 13. The Morgan fingerprint density at radius 2 is 1.06 bits per heavy atom. The fourth-order valence-corrected chi connectivity index (χ4v) is 6.96. The fourth-order valence-electron chi connectivity index (χ4n) is 6.27. The molecule has 288 valence electrons. The van der Waals surface area contributed by atoms with Crippen LogP contribution in [0.1, 0.15) is 81.0 Å². The van der Waals surface area contributed by atoms with Gasteiger partial charge in [0.05, 0.1) is 0 Å². The molecule has 0 heterocycles. The minimum Gasteiger partial charge on any atom is -0.808 e. The maximum atomic E-state index is 11.3. The van der Waals surface area contributed by atoms with Gasteiger partial charge < -0.3 is 43.5 Å². The molecule has 5 aromatic carbocycles. The molecule has 0 aliphatic rings. The van der Waals surface area contributed by atoms with Crippen molar-refractivity contribution in [1.82, 2.24) is 0 Å². The van der Waals surface area contributed by atoms with E-state index in [0.717, 1.165) is 62.1 Å². The lowest BCUT2D eigenvalue weighted by Gasteiger charge is -2.29. The molecule has 0 radical (unpaired) electrons. The summed E-state index contributed by atoms with van der Waals surface area (Å²) < 4.78 is 32.6. The summed E-state index contributed by atoms with van der Waals surface area (Å²) >= 11 is 0. The zero-order chi connectivity index (χ0) is 39.8. The quantitative estimate of drug-likeness (QED) is 0.114. The van der Waals surface area contributed by atoms with Crippen molar-refractivity contribution in [3.8, 4) is 23.0 Å². The molecule has 0 fully saturated rings. The van der Waals surface area contributed by atoms with E-state index >= 15 is 0 Å². The van der Waals surface area contributed by atoms with Gasteiger partial charge in [-0.2, -0.15) is 0 Å². The Labute approximate surface area is 318 Å². The average Bonchev–Trinajstić information content (AvgIpc) is 3.08. The highest BCUT2D eigenvalue weighted by molar-refractivity contribution is 7.55. The SMILES string of the molecule is Cc1cc(OCP(=O)([O-])[O-])cc(C)c1Cc1ccc(O)c(Cc2ccccc2)c1.Cc1cc(OCP(C)(=O)[O-])cc(C)c1Cc1ccc(O)c(C(C)C)c1. The average molecular weight is 772 g/mol. The van der Waals surface area contributed by atoms with E-state index in [2.05, 4.69) is 13.8 Å². The summed E-state index contributed by atoms with van der Waals surface area (Å²) in [4.78, 5) is 32.9. The van der Waals surface area contributed by atoms with E-state index in [0.29, 0.717) is 30.1 Å². The topological polar surface area (TPSA) is 162 Å². The minimum absolute atomic E-state index is 0.259. The largest absolute Gasteiger partial charge is 0.808 e. The molecule has 0 bridgehead atoms. The van der Waals surface area contributed by atoms with Crippen LogP contribution < -0.4 is 24.2 Å². The summed E-state index contributed by atoms with van der Waals surface area (Å²) in [6.45, 7) is 13.2. The third-order valence-corrected chi connectivity index (χ3v) is 10.1. The van der Waals surface area contributed by atoms with Crippen LogP contribution in [0.15, 0.2) is 91.0 Å². The summed E-state index contributed by atoms with van der Waals surface area (Å²) in [6, 6.07) is 28.6. The van der Waals surface area contributed by atoms with Crippen molar-refractivity contribution in [1.29, 1.82) is 0 Å². The maximum Gasteiger partial charge on any atom is 0.128 e. The first-order chi connectivity index (χ1) is 25.3. The van der Waals surface area contributed by atoms with Gasteiger partial charge >= 0.3 is 0 Å². The van der Waals surface area contributed by atoms with Gasteiger partial charge in [0.25, 0.3) is 0 Å². The van der Waals surface area contributed by atoms with Crippen molar-refractivity contribution >= 4 is 15.0 Å². The van der Waals surface area contributed by atoms with Gasteiger partial charge in [-0.1, -0.05) is 68.4 Å². The Bertz CT molecular complexity index is 2100. The molecule has 11 heteroatoms. The van der Waals surface area contributed by atoms with Crippen molar-refractivity contribution in [3.63, 3.8) is 0 Å². The Morgan fingerprint density at radius 3 is 1.52 bits per heavy atom. The normalized spacial score (nSPS) is 12.5. The molecule has 0 aliphatic heterocycles. The van der Waals surface area contributed by atoms with Crippen LogP contribution in [0.4, 0.5) is 0 Å².